The summed E-state index contributed by atoms with van der Waals surface area (Å²) in [5, 5.41) is 10.8. The third kappa shape index (κ3) is 2.19. The van der Waals surface area contributed by atoms with Crippen LogP contribution in [0, 0.1) is 5.92 Å². The van der Waals surface area contributed by atoms with Gasteiger partial charge in [-0.1, -0.05) is 19.8 Å². The molecule has 0 aromatic carbocycles. The summed E-state index contributed by atoms with van der Waals surface area (Å²) in [7, 11) is 6.09. The topological polar surface area (TPSA) is 41.3 Å². The SMILES string of the molecule is CC1CCCC(C(O)c2nccn2C)(N(C)C)C1. The molecule has 0 amide bonds. The van der Waals surface area contributed by atoms with E-state index in [1.807, 2.05) is 17.8 Å². The second kappa shape index (κ2) is 5.02. The summed E-state index contributed by atoms with van der Waals surface area (Å²) in [6, 6.07) is 0. The van der Waals surface area contributed by atoms with Crippen molar-refractivity contribution in [3.63, 3.8) is 0 Å². The molecule has 4 nitrogen and oxygen atoms in total. The van der Waals surface area contributed by atoms with Gasteiger partial charge in [0.2, 0.25) is 0 Å². The van der Waals surface area contributed by atoms with E-state index in [9.17, 15) is 5.11 Å². The first-order chi connectivity index (χ1) is 8.47. The molecule has 0 spiro atoms. The van der Waals surface area contributed by atoms with Gasteiger partial charge in [-0.3, -0.25) is 0 Å². The molecule has 18 heavy (non-hydrogen) atoms. The second-order valence-electron chi connectivity index (χ2n) is 6.00. The van der Waals surface area contributed by atoms with Crippen LogP contribution < -0.4 is 0 Å². The molecule has 3 atom stereocenters. The molecule has 1 aliphatic carbocycles. The van der Waals surface area contributed by atoms with Crippen LogP contribution in [0.5, 0.6) is 0 Å². The minimum Gasteiger partial charge on any atom is -0.383 e. The largest absolute Gasteiger partial charge is 0.383 e. The van der Waals surface area contributed by atoms with E-state index in [1.165, 1.54) is 12.8 Å². The van der Waals surface area contributed by atoms with Crippen LogP contribution in [0.1, 0.15) is 44.5 Å². The van der Waals surface area contributed by atoms with Gasteiger partial charge in [-0.25, -0.2) is 4.98 Å². The van der Waals surface area contributed by atoms with Crippen molar-refractivity contribution < 1.29 is 5.11 Å². The van der Waals surface area contributed by atoms with E-state index in [1.54, 1.807) is 6.20 Å². The molecule has 0 aliphatic heterocycles. The van der Waals surface area contributed by atoms with Crippen molar-refractivity contribution in [2.75, 3.05) is 14.1 Å². The van der Waals surface area contributed by atoms with Gasteiger partial charge in [-0.15, -0.1) is 0 Å². The molecule has 1 aliphatic rings. The lowest BCUT2D eigenvalue weighted by atomic mass is 9.72. The van der Waals surface area contributed by atoms with Crippen LogP contribution in [0.3, 0.4) is 0 Å². The van der Waals surface area contributed by atoms with Crippen molar-refractivity contribution >= 4 is 0 Å². The Morgan fingerprint density at radius 2 is 2.28 bits per heavy atom. The van der Waals surface area contributed by atoms with Gasteiger partial charge in [0.1, 0.15) is 11.9 Å². The summed E-state index contributed by atoms with van der Waals surface area (Å²) in [5.41, 5.74) is -0.170. The first-order valence-corrected chi connectivity index (χ1v) is 6.80. The lowest BCUT2D eigenvalue weighted by Crippen LogP contribution is -2.52. The van der Waals surface area contributed by atoms with E-state index in [0.29, 0.717) is 5.92 Å². The Morgan fingerprint density at radius 1 is 1.56 bits per heavy atom. The minimum absolute atomic E-state index is 0.170. The number of likely N-dealkylation sites (N-methyl/N-ethyl adjacent to an activating group) is 1. The van der Waals surface area contributed by atoms with E-state index < -0.39 is 6.10 Å². The normalized spacial score (nSPS) is 30.7. The Morgan fingerprint density at radius 3 is 2.78 bits per heavy atom. The molecule has 1 heterocycles. The molecule has 1 fully saturated rings. The van der Waals surface area contributed by atoms with E-state index in [2.05, 4.69) is 30.9 Å². The molecule has 1 aromatic heterocycles. The van der Waals surface area contributed by atoms with E-state index in [4.69, 9.17) is 0 Å². The van der Waals surface area contributed by atoms with Crippen molar-refractivity contribution in [1.82, 2.24) is 14.5 Å². The van der Waals surface area contributed by atoms with Gasteiger partial charge in [0.05, 0.1) is 5.54 Å². The number of aliphatic hydroxyl groups excluding tert-OH is 1. The lowest BCUT2D eigenvalue weighted by molar-refractivity contribution is -0.0504. The van der Waals surface area contributed by atoms with Gasteiger partial charge in [-0.05, 0) is 32.9 Å². The number of nitrogens with zero attached hydrogens (tertiary/aromatic N) is 3. The quantitative estimate of drug-likeness (QED) is 0.893. The zero-order chi connectivity index (χ0) is 13.3. The molecular formula is C14H25N3O. The van der Waals surface area contributed by atoms with Crippen molar-refractivity contribution in [3.05, 3.63) is 18.2 Å². The summed E-state index contributed by atoms with van der Waals surface area (Å²) in [4.78, 5) is 6.53. The van der Waals surface area contributed by atoms with E-state index in [-0.39, 0.29) is 5.54 Å². The Labute approximate surface area is 110 Å². The Balaban J connectivity index is 2.33. The molecule has 1 N–H and O–H groups in total. The van der Waals surface area contributed by atoms with Gasteiger partial charge < -0.3 is 14.6 Å². The monoisotopic (exact) mass is 251 g/mol. The van der Waals surface area contributed by atoms with Crippen LogP contribution in [0.4, 0.5) is 0 Å². The van der Waals surface area contributed by atoms with Gasteiger partial charge in [0.25, 0.3) is 0 Å². The first kappa shape index (κ1) is 13.6. The average molecular weight is 251 g/mol. The fourth-order valence-electron chi connectivity index (χ4n) is 3.34. The summed E-state index contributed by atoms with van der Waals surface area (Å²) in [5.74, 6) is 1.44. The highest BCUT2D eigenvalue weighted by Gasteiger charge is 2.45. The van der Waals surface area contributed by atoms with Crippen LogP contribution in [0.2, 0.25) is 0 Å². The van der Waals surface area contributed by atoms with Crippen LogP contribution in [0.15, 0.2) is 12.4 Å². The predicted molar refractivity (Wildman–Crippen MR) is 72.2 cm³/mol. The summed E-state index contributed by atoms with van der Waals surface area (Å²) >= 11 is 0. The molecule has 2 rings (SSSR count). The molecule has 102 valence electrons. The second-order valence-corrected chi connectivity index (χ2v) is 6.00. The number of aromatic nitrogens is 2. The van der Waals surface area contributed by atoms with Gasteiger partial charge in [0, 0.05) is 19.4 Å². The Kier molecular flexibility index (Phi) is 3.78. The zero-order valence-electron chi connectivity index (χ0n) is 11.9. The molecular weight excluding hydrogens is 226 g/mol. The van der Waals surface area contributed by atoms with Crippen molar-refractivity contribution in [3.8, 4) is 0 Å². The van der Waals surface area contributed by atoms with Gasteiger partial charge in [-0.2, -0.15) is 0 Å². The fourth-order valence-corrected chi connectivity index (χ4v) is 3.34. The summed E-state index contributed by atoms with van der Waals surface area (Å²) < 4.78 is 1.93. The highest BCUT2D eigenvalue weighted by Crippen LogP contribution is 2.43. The van der Waals surface area contributed by atoms with E-state index >= 15 is 0 Å². The van der Waals surface area contributed by atoms with E-state index in [0.717, 1.165) is 18.7 Å². The molecule has 1 saturated carbocycles. The Bertz CT molecular complexity index is 401. The van der Waals surface area contributed by atoms with Crippen LogP contribution in [-0.2, 0) is 7.05 Å². The fraction of sp³-hybridized carbons (Fsp3) is 0.786. The maximum absolute atomic E-state index is 10.8. The highest BCUT2D eigenvalue weighted by atomic mass is 16.3. The third-order valence-electron chi connectivity index (χ3n) is 4.51. The molecule has 4 heteroatoms. The first-order valence-electron chi connectivity index (χ1n) is 6.80. The lowest BCUT2D eigenvalue weighted by Gasteiger charge is -2.47. The predicted octanol–water partition coefficient (Wildman–Crippen LogP) is 1.96. The smallest absolute Gasteiger partial charge is 0.139 e. The minimum atomic E-state index is -0.518. The highest BCUT2D eigenvalue weighted by molar-refractivity contribution is 5.08. The zero-order valence-corrected chi connectivity index (χ0v) is 11.9. The van der Waals surface area contributed by atoms with Crippen molar-refractivity contribution in [2.24, 2.45) is 13.0 Å². The number of hydrogen-bond donors (Lipinski definition) is 1. The molecule has 3 unspecified atom stereocenters. The maximum atomic E-state index is 10.8. The maximum Gasteiger partial charge on any atom is 0.139 e. The standard InChI is InChI=1S/C14H25N3O/c1-11-6-5-7-14(10-11,16(2)3)12(18)13-15-8-9-17(13)4/h8-9,11-12,18H,5-7,10H2,1-4H3. The average Bonchev–Trinajstić information content (AvgIpc) is 2.74. The Hall–Kier alpha value is -0.870. The third-order valence-corrected chi connectivity index (χ3v) is 4.51. The van der Waals surface area contributed by atoms with Crippen molar-refractivity contribution in [1.29, 1.82) is 0 Å². The van der Waals surface area contributed by atoms with Gasteiger partial charge >= 0.3 is 0 Å². The van der Waals surface area contributed by atoms with Crippen LogP contribution in [0.25, 0.3) is 0 Å². The van der Waals surface area contributed by atoms with Crippen LogP contribution in [-0.4, -0.2) is 39.2 Å². The number of hydrogen-bond acceptors (Lipinski definition) is 3. The molecule has 0 radical (unpaired) electrons. The van der Waals surface area contributed by atoms with Crippen molar-refractivity contribution in [2.45, 2.75) is 44.2 Å². The van der Waals surface area contributed by atoms with Gasteiger partial charge in [0.15, 0.2) is 0 Å². The number of rotatable bonds is 3. The molecule has 0 bridgehead atoms. The molecule has 1 aromatic rings. The number of imidazole rings is 1. The summed E-state index contributed by atoms with van der Waals surface area (Å²) in [6.07, 6.45) is 7.66. The molecule has 0 saturated heterocycles. The van der Waals surface area contributed by atoms with Crippen LogP contribution >= 0.6 is 0 Å². The summed E-state index contributed by atoms with van der Waals surface area (Å²) in [6.45, 7) is 2.28. The number of aryl methyl sites for hydroxylation is 1. The number of aliphatic hydroxyl groups is 1.